The van der Waals surface area contributed by atoms with Crippen molar-refractivity contribution in [3.8, 4) is 5.75 Å². The highest BCUT2D eigenvalue weighted by atomic mass is 16.4. The summed E-state index contributed by atoms with van der Waals surface area (Å²) in [6.45, 7) is 4.82. The molecule has 0 aliphatic carbocycles. The van der Waals surface area contributed by atoms with E-state index in [4.69, 9.17) is 5.73 Å². The third kappa shape index (κ3) is 8.48. The highest BCUT2D eigenvalue weighted by Gasteiger charge is 2.28. The Hall–Kier alpha value is -3.14. The van der Waals surface area contributed by atoms with Crippen LogP contribution in [0.15, 0.2) is 24.3 Å². The normalized spacial score (nSPS) is 13.8. The quantitative estimate of drug-likeness (QED) is 0.279. The Labute approximate surface area is 175 Å². The van der Waals surface area contributed by atoms with E-state index in [1.165, 1.54) is 19.1 Å². The Morgan fingerprint density at radius 1 is 0.933 bits per heavy atom. The second kappa shape index (κ2) is 11.8. The molecule has 0 aromatic heterocycles. The van der Waals surface area contributed by atoms with Gasteiger partial charge in [0.2, 0.25) is 17.7 Å². The summed E-state index contributed by atoms with van der Waals surface area (Å²) in [7, 11) is 0. The van der Waals surface area contributed by atoms with Crippen LogP contribution in [0, 0.1) is 5.92 Å². The molecule has 10 nitrogen and oxygen atoms in total. The molecule has 10 heteroatoms. The van der Waals surface area contributed by atoms with Crippen LogP contribution < -0.4 is 21.7 Å². The second-order valence-corrected chi connectivity index (χ2v) is 7.45. The van der Waals surface area contributed by atoms with Gasteiger partial charge in [-0.1, -0.05) is 26.0 Å². The number of phenols is 1. The summed E-state index contributed by atoms with van der Waals surface area (Å²) in [5.74, 6) is -2.91. The molecule has 3 unspecified atom stereocenters. The number of hydrogen-bond donors (Lipinski definition) is 6. The Kier molecular flexibility index (Phi) is 9.76. The van der Waals surface area contributed by atoms with Gasteiger partial charge in [-0.3, -0.25) is 14.4 Å². The molecule has 30 heavy (non-hydrogen) atoms. The van der Waals surface area contributed by atoms with Crippen molar-refractivity contribution in [3.63, 3.8) is 0 Å². The lowest BCUT2D eigenvalue weighted by atomic mass is 10.0. The van der Waals surface area contributed by atoms with Crippen LogP contribution in [0.25, 0.3) is 0 Å². The predicted octanol–water partition coefficient (Wildman–Crippen LogP) is -0.502. The van der Waals surface area contributed by atoms with Gasteiger partial charge in [0.1, 0.15) is 23.9 Å². The van der Waals surface area contributed by atoms with Crippen molar-refractivity contribution in [2.45, 2.75) is 51.7 Å². The van der Waals surface area contributed by atoms with Gasteiger partial charge < -0.3 is 31.9 Å². The number of nitrogens with one attached hydrogen (secondary N) is 3. The largest absolute Gasteiger partial charge is 0.508 e. The van der Waals surface area contributed by atoms with Gasteiger partial charge >= 0.3 is 5.97 Å². The van der Waals surface area contributed by atoms with Crippen molar-refractivity contribution in [1.82, 2.24) is 16.0 Å². The van der Waals surface area contributed by atoms with E-state index in [-0.39, 0.29) is 31.1 Å². The number of amides is 3. The number of carboxylic acids is 1. The van der Waals surface area contributed by atoms with E-state index in [0.29, 0.717) is 5.56 Å². The number of aromatic hydroxyl groups is 1. The molecule has 3 atom stereocenters. The van der Waals surface area contributed by atoms with Crippen molar-refractivity contribution in [3.05, 3.63) is 29.8 Å². The smallest absolute Gasteiger partial charge is 0.326 e. The van der Waals surface area contributed by atoms with Gasteiger partial charge in [-0.2, -0.15) is 0 Å². The topological polar surface area (TPSA) is 171 Å². The molecule has 0 spiro atoms. The maximum Gasteiger partial charge on any atom is 0.326 e. The molecule has 7 N–H and O–H groups in total. The molecule has 1 aromatic carbocycles. The Bertz CT molecular complexity index is 750. The lowest BCUT2D eigenvalue weighted by molar-refractivity contribution is -0.142. The van der Waals surface area contributed by atoms with Crippen LogP contribution in [0.1, 0.15) is 32.8 Å². The molecule has 1 aromatic rings. The zero-order valence-corrected chi connectivity index (χ0v) is 17.3. The van der Waals surface area contributed by atoms with Crippen LogP contribution in [0.5, 0.6) is 5.75 Å². The lowest BCUT2D eigenvalue weighted by Gasteiger charge is -2.24. The van der Waals surface area contributed by atoms with Gasteiger partial charge in [-0.15, -0.1) is 0 Å². The first-order valence-corrected chi connectivity index (χ1v) is 9.64. The first-order valence-electron chi connectivity index (χ1n) is 9.64. The summed E-state index contributed by atoms with van der Waals surface area (Å²) in [5.41, 5.74) is 5.86. The van der Waals surface area contributed by atoms with Gasteiger partial charge in [-0.05, 0) is 37.0 Å². The zero-order valence-electron chi connectivity index (χ0n) is 17.3. The average molecular weight is 422 g/mol. The molecule has 166 valence electrons. The van der Waals surface area contributed by atoms with E-state index >= 15 is 0 Å². The molecule has 0 aliphatic heterocycles. The first kappa shape index (κ1) is 24.9. The zero-order chi connectivity index (χ0) is 22.8. The van der Waals surface area contributed by atoms with Crippen molar-refractivity contribution >= 4 is 23.7 Å². The summed E-state index contributed by atoms with van der Waals surface area (Å²) < 4.78 is 0. The molecule has 0 fully saturated rings. The van der Waals surface area contributed by atoms with Crippen molar-refractivity contribution in [2.75, 3.05) is 6.54 Å². The fourth-order valence-electron chi connectivity index (χ4n) is 2.70. The minimum absolute atomic E-state index is 0.0306. The van der Waals surface area contributed by atoms with E-state index in [9.17, 15) is 29.4 Å². The molecule has 0 heterocycles. The molecule has 0 bridgehead atoms. The molecule has 0 saturated heterocycles. The summed E-state index contributed by atoms with van der Waals surface area (Å²) in [6.07, 6.45) is 0.285. The average Bonchev–Trinajstić information content (AvgIpc) is 2.67. The molecule has 0 radical (unpaired) electrons. The van der Waals surface area contributed by atoms with Gasteiger partial charge in [-0.25, -0.2) is 4.79 Å². The molecule has 0 aliphatic rings. The molecule has 1 rings (SSSR count). The van der Waals surface area contributed by atoms with Gasteiger partial charge in [0.15, 0.2) is 0 Å². The minimum atomic E-state index is -1.17. The summed E-state index contributed by atoms with van der Waals surface area (Å²) >= 11 is 0. The number of hydrogen-bond acceptors (Lipinski definition) is 6. The maximum absolute atomic E-state index is 12.8. The number of carbonyl (C=O) groups excluding carboxylic acids is 3. The summed E-state index contributed by atoms with van der Waals surface area (Å²) in [4.78, 5) is 48.1. The monoisotopic (exact) mass is 422 g/mol. The summed E-state index contributed by atoms with van der Waals surface area (Å²) in [5, 5.41) is 26.2. The van der Waals surface area contributed by atoms with Crippen LogP contribution in [0.4, 0.5) is 0 Å². The van der Waals surface area contributed by atoms with Crippen LogP contribution >= 0.6 is 0 Å². The minimum Gasteiger partial charge on any atom is -0.508 e. The lowest BCUT2D eigenvalue weighted by Crippen LogP contribution is -2.56. The number of nitrogens with two attached hydrogens (primary N) is 1. The molecular weight excluding hydrogens is 392 g/mol. The van der Waals surface area contributed by atoms with Crippen molar-refractivity contribution in [1.29, 1.82) is 0 Å². The maximum atomic E-state index is 12.8. The first-order chi connectivity index (χ1) is 14.0. The SMILES string of the molecule is CC(C)CC(NC(=O)C(Cc1ccc(O)cc1)NC(=O)C(C)NC(=O)CN)C(=O)O. The number of phenolic OH excluding ortho intramolecular Hbond substituents is 1. The number of carbonyl (C=O) groups is 4. The van der Waals surface area contributed by atoms with Crippen molar-refractivity contribution < 1.29 is 29.4 Å². The highest BCUT2D eigenvalue weighted by molar-refractivity contribution is 5.93. The third-order valence-corrected chi connectivity index (χ3v) is 4.29. The molecule has 3 amide bonds. The Balaban J connectivity index is 2.99. The molecule has 0 saturated carbocycles. The second-order valence-electron chi connectivity index (χ2n) is 7.45. The van der Waals surface area contributed by atoms with Gasteiger partial charge in [0, 0.05) is 6.42 Å². The van der Waals surface area contributed by atoms with E-state index in [2.05, 4.69) is 16.0 Å². The standard InChI is InChI=1S/C20H30N4O6/c1-11(2)8-16(20(29)30)24-19(28)15(9-13-4-6-14(25)7-5-13)23-18(27)12(3)22-17(26)10-21/h4-7,11-12,15-16,25H,8-10,21H2,1-3H3,(H,22,26)(H,23,27)(H,24,28)(H,29,30). The van der Waals surface area contributed by atoms with Crippen molar-refractivity contribution in [2.24, 2.45) is 11.7 Å². The van der Waals surface area contributed by atoms with E-state index in [1.54, 1.807) is 12.1 Å². The third-order valence-electron chi connectivity index (χ3n) is 4.29. The Morgan fingerprint density at radius 3 is 2.00 bits per heavy atom. The predicted molar refractivity (Wildman–Crippen MR) is 109 cm³/mol. The van der Waals surface area contributed by atoms with Gasteiger partial charge in [0.25, 0.3) is 0 Å². The van der Waals surface area contributed by atoms with Crippen LogP contribution in [-0.4, -0.2) is 58.6 Å². The Morgan fingerprint density at radius 2 is 1.50 bits per heavy atom. The van der Waals surface area contributed by atoms with E-state index in [0.717, 1.165) is 0 Å². The van der Waals surface area contributed by atoms with Crippen LogP contribution in [-0.2, 0) is 25.6 Å². The number of carboxylic acid groups (broad SMARTS) is 1. The van der Waals surface area contributed by atoms with E-state index < -0.39 is 41.8 Å². The van der Waals surface area contributed by atoms with Gasteiger partial charge in [0.05, 0.1) is 6.54 Å². The number of benzene rings is 1. The van der Waals surface area contributed by atoms with Crippen LogP contribution in [0.3, 0.4) is 0 Å². The number of rotatable bonds is 11. The summed E-state index contributed by atoms with van der Waals surface area (Å²) in [6, 6.07) is 2.92. The fourth-order valence-corrected chi connectivity index (χ4v) is 2.70. The highest BCUT2D eigenvalue weighted by Crippen LogP contribution is 2.12. The van der Waals surface area contributed by atoms with E-state index in [1.807, 2.05) is 13.8 Å². The molecular formula is C20H30N4O6. The number of aliphatic carboxylic acids is 1. The fraction of sp³-hybridized carbons (Fsp3) is 0.500. The van der Waals surface area contributed by atoms with Crippen LogP contribution in [0.2, 0.25) is 0 Å².